The lowest BCUT2D eigenvalue weighted by Crippen LogP contribution is -2.53. The number of benzene rings is 1. The van der Waals surface area contributed by atoms with Crippen LogP contribution in [0.2, 0.25) is 0 Å². The second-order valence-corrected chi connectivity index (χ2v) is 5.04. The van der Waals surface area contributed by atoms with Gasteiger partial charge in [-0.15, -0.1) is 0 Å². The average Bonchev–Trinajstić information content (AvgIpc) is 2.38. The average molecular weight is 279 g/mol. The van der Waals surface area contributed by atoms with Crippen molar-refractivity contribution in [2.45, 2.75) is 39.2 Å². The third-order valence-corrected chi connectivity index (χ3v) is 3.03. The van der Waals surface area contributed by atoms with Crippen LogP contribution in [0, 0.1) is 6.92 Å². The van der Waals surface area contributed by atoms with Crippen LogP contribution < -0.4 is 10.1 Å². The Morgan fingerprint density at radius 3 is 2.40 bits per heavy atom. The van der Waals surface area contributed by atoms with Gasteiger partial charge in [-0.1, -0.05) is 31.0 Å². The van der Waals surface area contributed by atoms with Crippen molar-refractivity contribution in [3.05, 3.63) is 29.8 Å². The van der Waals surface area contributed by atoms with E-state index in [0.717, 1.165) is 5.56 Å². The summed E-state index contributed by atoms with van der Waals surface area (Å²) in [6, 6.07) is 7.30. The molecule has 0 radical (unpaired) electrons. The number of rotatable bonds is 7. The molecule has 0 saturated heterocycles. The van der Waals surface area contributed by atoms with Gasteiger partial charge in [0.05, 0.1) is 0 Å². The van der Waals surface area contributed by atoms with Gasteiger partial charge in [0.15, 0.2) is 6.61 Å². The first-order valence-electron chi connectivity index (χ1n) is 6.61. The van der Waals surface area contributed by atoms with Crippen LogP contribution in [0.4, 0.5) is 0 Å². The predicted molar refractivity (Wildman–Crippen MR) is 75.8 cm³/mol. The maximum Gasteiger partial charge on any atom is 0.329 e. The Hall–Kier alpha value is -2.04. The van der Waals surface area contributed by atoms with Gasteiger partial charge < -0.3 is 15.2 Å². The molecule has 0 spiro atoms. The third-order valence-electron chi connectivity index (χ3n) is 3.03. The number of aryl methyl sites for hydroxylation is 1. The van der Waals surface area contributed by atoms with E-state index >= 15 is 0 Å². The van der Waals surface area contributed by atoms with Crippen LogP contribution in [0.1, 0.15) is 32.3 Å². The quantitative estimate of drug-likeness (QED) is 0.801. The van der Waals surface area contributed by atoms with Crippen molar-refractivity contribution in [3.8, 4) is 5.75 Å². The zero-order chi connectivity index (χ0) is 15.2. The summed E-state index contributed by atoms with van der Waals surface area (Å²) < 4.78 is 5.32. The fraction of sp³-hybridized carbons (Fsp3) is 0.467. The summed E-state index contributed by atoms with van der Waals surface area (Å²) in [5, 5.41) is 11.7. The second-order valence-electron chi connectivity index (χ2n) is 5.04. The van der Waals surface area contributed by atoms with E-state index in [1.807, 2.05) is 26.0 Å². The summed E-state index contributed by atoms with van der Waals surface area (Å²) in [5.74, 6) is -0.898. The Balaban J connectivity index is 2.54. The molecule has 0 aliphatic rings. The Labute approximate surface area is 118 Å². The van der Waals surface area contributed by atoms with E-state index in [4.69, 9.17) is 4.74 Å². The van der Waals surface area contributed by atoms with Crippen molar-refractivity contribution in [1.82, 2.24) is 5.32 Å². The Morgan fingerprint density at radius 2 is 1.90 bits per heavy atom. The van der Waals surface area contributed by atoms with Crippen molar-refractivity contribution < 1.29 is 19.4 Å². The number of amides is 1. The molecule has 2 N–H and O–H groups in total. The number of carbonyl (C=O) groups is 2. The lowest BCUT2D eigenvalue weighted by Gasteiger charge is -2.25. The highest BCUT2D eigenvalue weighted by Crippen LogP contribution is 2.14. The summed E-state index contributed by atoms with van der Waals surface area (Å²) >= 11 is 0. The van der Waals surface area contributed by atoms with Gasteiger partial charge in [0.1, 0.15) is 11.3 Å². The van der Waals surface area contributed by atoms with Crippen LogP contribution >= 0.6 is 0 Å². The van der Waals surface area contributed by atoms with Crippen molar-refractivity contribution >= 4 is 11.9 Å². The number of nitrogens with one attached hydrogen (secondary N) is 1. The summed E-state index contributed by atoms with van der Waals surface area (Å²) in [7, 11) is 0. The lowest BCUT2D eigenvalue weighted by atomic mass is 9.96. The van der Waals surface area contributed by atoms with Gasteiger partial charge >= 0.3 is 5.97 Å². The molecule has 110 valence electrons. The second kappa shape index (κ2) is 6.93. The molecular weight excluding hydrogens is 258 g/mol. The minimum atomic E-state index is -1.25. The number of carboxylic acid groups (broad SMARTS) is 1. The molecule has 1 aromatic rings. The number of carbonyl (C=O) groups excluding carboxylic acids is 1. The van der Waals surface area contributed by atoms with Crippen LogP contribution in [0.25, 0.3) is 0 Å². The molecule has 20 heavy (non-hydrogen) atoms. The highest BCUT2D eigenvalue weighted by molar-refractivity contribution is 5.87. The van der Waals surface area contributed by atoms with Crippen molar-refractivity contribution in [2.24, 2.45) is 0 Å². The van der Waals surface area contributed by atoms with Gasteiger partial charge in [0.25, 0.3) is 5.91 Å². The molecule has 1 aromatic carbocycles. The van der Waals surface area contributed by atoms with E-state index in [1.54, 1.807) is 12.1 Å². The molecule has 0 fully saturated rings. The summed E-state index contributed by atoms with van der Waals surface area (Å²) in [6.45, 7) is 5.13. The summed E-state index contributed by atoms with van der Waals surface area (Å²) in [5.41, 5.74) is -0.147. The van der Waals surface area contributed by atoms with E-state index in [9.17, 15) is 14.7 Å². The fourth-order valence-corrected chi connectivity index (χ4v) is 1.85. The summed E-state index contributed by atoms with van der Waals surface area (Å²) in [6.07, 6.45) is 1.04. The standard InChI is InChI=1S/C15H21NO4/c1-4-9-15(3,14(18)19)16-13(17)10-20-12-7-5-11(2)6-8-12/h5-8H,4,9-10H2,1-3H3,(H,16,17)(H,18,19). The normalized spacial score (nSPS) is 13.3. The van der Waals surface area contributed by atoms with Gasteiger partial charge in [0.2, 0.25) is 0 Å². The molecular formula is C15H21NO4. The predicted octanol–water partition coefficient (Wildman–Crippen LogP) is 2.13. The Bertz CT molecular complexity index is 469. The molecule has 0 heterocycles. The first-order valence-corrected chi connectivity index (χ1v) is 6.61. The SMILES string of the molecule is CCCC(C)(NC(=O)COc1ccc(C)cc1)C(=O)O. The van der Waals surface area contributed by atoms with Crippen LogP contribution in [-0.2, 0) is 9.59 Å². The highest BCUT2D eigenvalue weighted by Gasteiger charge is 2.33. The third kappa shape index (κ3) is 4.57. The molecule has 0 aliphatic carbocycles. The van der Waals surface area contributed by atoms with E-state index in [1.165, 1.54) is 6.92 Å². The van der Waals surface area contributed by atoms with Crippen molar-refractivity contribution in [3.63, 3.8) is 0 Å². The number of carboxylic acids is 1. The van der Waals surface area contributed by atoms with E-state index in [-0.39, 0.29) is 6.61 Å². The Kier molecular flexibility index (Phi) is 5.55. The minimum Gasteiger partial charge on any atom is -0.484 e. The maximum atomic E-state index is 11.8. The zero-order valence-corrected chi connectivity index (χ0v) is 12.1. The van der Waals surface area contributed by atoms with Crippen LogP contribution in [-0.4, -0.2) is 29.1 Å². The van der Waals surface area contributed by atoms with E-state index in [2.05, 4.69) is 5.32 Å². The van der Waals surface area contributed by atoms with E-state index in [0.29, 0.717) is 18.6 Å². The van der Waals surface area contributed by atoms with Gasteiger partial charge in [-0.25, -0.2) is 4.79 Å². The molecule has 5 nitrogen and oxygen atoms in total. The molecule has 1 rings (SSSR count). The first-order chi connectivity index (χ1) is 9.37. The molecule has 0 bridgehead atoms. The van der Waals surface area contributed by atoms with Gasteiger partial charge in [-0.3, -0.25) is 4.79 Å². The lowest BCUT2D eigenvalue weighted by molar-refractivity contribution is -0.147. The zero-order valence-electron chi connectivity index (χ0n) is 12.1. The molecule has 0 aromatic heterocycles. The monoisotopic (exact) mass is 279 g/mol. The van der Waals surface area contributed by atoms with E-state index < -0.39 is 17.4 Å². The Morgan fingerprint density at radius 1 is 1.30 bits per heavy atom. The molecule has 5 heteroatoms. The van der Waals surface area contributed by atoms with Gasteiger partial charge in [0, 0.05) is 0 Å². The van der Waals surface area contributed by atoms with Gasteiger partial charge in [-0.05, 0) is 32.4 Å². The van der Waals surface area contributed by atoms with Crippen molar-refractivity contribution in [2.75, 3.05) is 6.61 Å². The van der Waals surface area contributed by atoms with Crippen LogP contribution in [0.5, 0.6) is 5.75 Å². The topological polar surface area (TPSA) is 75.6 Å². The van der Waals surface area contributed by atoms with Gasteiger partial charge in [-0.2, -0.15) is 0 Å². The fourth-order valence-electron chi connectivity index (χ4n) is 1.85. The summed E-state index contributed by atoms with van der Waals surface area (Å²) in [4.78, 5) is 23.0. The van der Waals surface area contributed by atoms with Crippen LogP contribution in [0.15, 0.2) is 24.3 Å². The number of hydrogen-bond donors (Lipinski definition) is 2. The minimum absolute atomic E-state index is 0.199. The molecule has 0 aliphatic heterocycles. The van der Waals surface area contributed by atoms with Crippen molar-refractivity contribution in [1.29, 1.82) is 0 Å². The van der Waals surface area contributed by atoms with Crippen LogP contribution in [0.3, 0.4) is 0 Å². The first kappa shape index (κ1) is 16.0. The maximum absolute atomic E-state index is 11.8. The number of aliphatic carboxylic acids is 1. The largest absolute Gasteiger partial charge is 0.484 e. The molecule has 1 amide bonds. The molecule has 0 saturated carbocycles. The number of hydrogen-bond acceptors (Lipinski definition) is 3. The molecule has 1 atom stereocenters. The molecule has 1 unspecified atom stereocenters. The highest BCUT2D eigenvalue weighted by atomic mass is 16.5. The number of ether oxygens (including phenoxy) is 1. The smallest absolute Gasteiger partial charge is 0.329 e.